The van der Waals surface area contributed by atoms with E-state index in [-0.39, 0.29) is 0 Å². The van der Waals surface area contributed by atoms with E-state index >= 15 is 0 Å². The molecule has 18 heteroatoms. The summed E-state index contributed by atoms with van der Waals surface area (Å²) in [5, 5.41) is 6.04. The van der Waals surface area contributed by atoms with E-state index in [1.165, 1.54) is 33.4 Å². The van der Waals surface area contributed by atoms with Crippen molar-refractivity contribution in [1.29, 1.82) is 0 Å². The summed E-state index contributed by atoms with van der Waals surface area (Å²) in [5.41, 5.74) is 23.2. The highest BCUT2D eigenvalue weighted by molar-refractivity contribution is 6.24. The highest BCUT2D eigenvalue weighted by Gasteiger charge is 2.40. The van der Waals surface area contributed by atoms with E-state index in [1.807, 2.05) is 103 Å². The number of ether oxygens (including phenoxy) is 6. The topological polar surface area (TPSA) is 260 Å². The Balaban J connectivity index is 0.0000000872. The Labute approximate surface area is 570 Å². The van der Waals surface area contributed by atoms with E-state index in [2.05, 4.69) is 37.1 Å². The van der Waals surface area contributed by atoms with Gasteiger partial charge in [0.1, 0.15) is 0 Å². The highest BCUT2D eigenvalue weighted by atomic mass is 16.6. The van der Waals surface area contributed by atoms with Crippen LogP contribution in [-0.2, 0) is 86.2 Å². The molecule has 0 bridgehead atoms. The molecule has 6 heterocycles. The quantitative estimate of drug-likeness (QED) is 0.0776. The van der Waals surface area contributed by atoms with Gasteiger partial charge in [-0.1, -0.05) is 115 Å². The highest BCUT2D eigenvalue weighted by Crippen LogP contribution is 2.45. The Morgan fingerprint density at radius 1 is 0.238 bits per heavy atom. The minimum absolute atomic E-state index is 0.385. The average molecular weight is 1330 g/mol. The summed E-state index contributed by atoms with van der Waals surface area (Å²) in [7, 11) is 0. The Bertz CT molecular complexity index is 5870. The second-order valence-corrected chi connectivity index (χ2v) is 25.9. The molecule has 0 saturated carbocycles. The summed E-state index contributed by atoms with van der Waals surface area (Å²) in [6, 6.07) is 49.8. The fourth-order valence-corrected chi connectivity index (χ4v) is 16.0. The number of carbonyl (C=O) groups excluding carboxylic acids is 12. The fourth-order valence-electron chi connectivity index (χ4n) is 16.0. The molecule has 0 radical (unpaired) electrons. The third kappa shape index (κ3) is 9.46. The molecule has 6 aliphatic heterocycles. The van der Waals surface area contributed by atoms with Crippen molar-refractivity contribution < 1.29 is 86.0 Å². The van der Waals surface area contributed by atoms with E-state index < -0.39 is 71.6 Å². The lowest BCUT2D eigenvalue weighted by Gasteiger charge is -2.16. The van der Waals surface area contributed by atoms with E-state index in [0.717, 1.165) is 139 Å². The van der Waals surface area contributed by atoms with E-state index in [0.29, 0.717) is 73.2 Å². The van der Waals surface area contributed by atoms with Crippen molar-refractivity contribution in [2.24, 2.45) is 0 Å². The van der Waals surface area contributed by atoms with Crippen LogP contribution in [-0.4, -0.2) is 71.6 Å². The molecule has 0 N–H and O–H groups in total. The first-order chi connectivity index (χ1) is 49.0. The lowest BCUT2D eigenvalue weighted by atomic mass is 9.94. The minimum atomic E-state index is -0.540. The van der Waals surface area contributed by atoms with Gasteiger partial charge in [0.15, 0.2) is 0 Å². The lowest BCUT2D eigenvalue weighted by molar-refractivity contribution is 0.0379. The number of esters is 12. The zero-order valence-electron chi connectivity index (χ0n) is 52.9. The third-order valence-corrected chi connectivity index (χ3v) is 20.5. The number of benzene rings is 11. The minimum Gasteiger partial charge on any atom is -0.386 e. The van der Waals surface area contributed by atoms with Crippen LogP contribution in [0, 0.1) is 0 Å². The Kier molecular flexibility index (Phi) is 13.5. The van der Waals surface area contributed by atoms with Crippen LogP contribution in [0.25, 0.3) is 60.6 Å². The van der Waals surface area contributed by atoms with Crippen molar-refractivity contribution in [3.05, 3.63) is 297 Å². The van der Waals surface area contributed by atoms with Gasteiger partial charge >= 0.3 is 71.6 Å². The first kappa shape index (κ1) is 60.2. The van der Waals surface area contributed by atoms with Gasteiger partial charge in [-0.15, -0.1) is 0 Å². The largest absolute Gasteiger partial charge is 0.386 e. The standard InChI is InChI=1S/2C15H8O3.3C14H8O3.C11H6O3/c16-14-12-6-9-5-8-3-1-2-4-10(8)11(9)7-13(12)15(17)18-14;16-14-11-6-5-10-9-4-2-1-3-8(9)7-12(10)13(11)15(17)18-14;15-13-9-5-3-7-1-2-8-4-6-10(14(16)17-13)12(9)11(7)8;15-13-10-6-8-5-4-7-2-1-3-9(11(7)8)12(10)14(16)17-13;15-13-10-6-8-3-1-2-7-4-5-9(11(7)8)12(10)14(16)17-13;12-10-8-4-6-2-1-3-7(6)5-9(8)11(13)14-10/h1-4,6-7H,5H2;1-6H,7H2;3-6H,1-2H2;2*1-3,6H,4-5H2;1-2,4-5H,3H2. The van der Waals surface area contributed by atoms with Crippen molar-refractivity contribution in [3.8, 4) is 22.3 Å². The van der Waals surface area contributed by atoms with E-state index in [9.17, 15) is 57.5 Å². The van der Waals surface area contributed by atoms with Gasteiger partial charge in [0.05, 0.1) is 66.8 Å². The first-order valence-electron chi connectivity index (χ1n) is 32.7. The Morgan fingerprint density at radius 2 is 0.683 bits per heavy atom. The maximum atomic E-state index is 11.7. The monoisotopic (exact) mass is 1330 g/mol. The maximum absolute atomic E-state index is 11.7. The molecule has 6 aliphatic carbocycles. The molecular weight excluding hydrogens is 1280 g/mol. The normalized spacial score (nSPS) is 16.0. The van der Waals surface area contributed by atoms with Gasteiger partial charge in [-0.25, -0.2) is 57.5 Å². The smallest absolute Gasteiger partial charge is 0.347 e. The predicted molar refractivity (Wildman–Crippen MR) is 361 cm³/mol. The first-order valence-corrected chi connectivity index (χ1v) is 32.7. The molecule has 0 saturated heterocycles. The van der Waals surface area contributed by atoms with Crippen LogP contribution < -0.4 is 0 Å². The van der Waals surface area contributed by atoms with Crippen LogP contribution in [0.2, 0.25) is 0 Å². The zero-order valence-corrected chi connectivity index (χ0v) is 52.9. The number of hydrogen-bond donors (Lipinski definition) is 0. The molecule has 0 fully saturated rings. The molecule has 11 aromatic carbocycles. The maximum Gasteiger partial charge on any atom is 0.347 e. The summed E-state index contributed by atoms with van der Waals surface area (Å²) in [4.78, 5) is 139. The van der Waals surface area contributed by atoms with Crippen molar-refractivity contribution in [3.63, 3.8) is 0 Å². The average Bonchev–Trinajstić information content (AvgIpc) is 1.60. The molecular formula is C83H46O18. The van der Waals surface area contributed by atoms with Gasteiger partial charge in [-0.3, -0.25) is 0 Å². The summed E-state index contributed by atoms with van der Waals surface area (Å²) < 4.78 is 27.9. The predicted octanol–water partition coefficient (Wildman–Crippen LogP) is 13.5. The summed E-state index contributed by atoms with van der Waals surface area (Å²) in [5.74, 6) is -6.27. The molecule has 0 amide bonds. The number of hydrogen-bond acceptors (Lipinski definition) is 18. The SMILES string of the molecule is O=C1OC(=O)c2c1cc1c3c(cccc23)CC1.O=C1OC(=O)c2c1cc1cccc3c1c2CC3.O=C1OC(=O)c2c1ccc1c2Cc2ccccc2-1.O=C1OC(=O)c2cc3c(cc21)C=CC3.O=C1OC(=O)c2cc3c(cc21)Cc1ccccc1-3.O=C1OC(=O)c2ccc3c4c(ccc1c24)CC3. The van der Waals surface area contributed by atoms with Crippen molar-refractivity contribution in [1.82, 2.24) is 0 Å². The van der Waals surface area contributed by atoms with Crippen LogP contribution in [0.3, 0.4) is 0 Å². The van der Waals surface area contributed by atoms with Crippen LogP contribution >= 0.6 is 0 Å². The molecule has 0 unspecified atom stereocenters. The zero-order chi connectivity index (χ0) is 69.0. The van der Waals surface area contributed by atoms with E-state index in [1.54, 1.807) is 48.5 Å². The van der Waals surface area contributed by atoms with E-state index in [4.69, 9.17) is 9.47 Å². The van der Waals surface area contributed by atoms with Gasteiger partial charge in [-0.2, -0.15) is 0 Å². The summed E-state index contributed by atoms with van der Waals surface area (Å²) in [6.45, 7) is 0. The number of aryl methyl sites for hydroxylation is 6. The van der Waals surface area contributed by atoms with Crippen LogP contribution in [0.15, 0.2) is 164 Å². The van der Waals surface area contributed by atoms with Crippen LogP contribution in [0.5, 0.6) is 0 Å². The summed E-state index contributed by atoms with van der Waals surface area (Å²) >= 11 is 0. The van der Waals surface area contributed by atoms with Crippen LogP contribution in [0.4, 0.5) is 0 Å². The van der Waals surface area contributed by atoms with Crippen molar-refractivity contribution in [2.45, 2.75) is 57.8 Å². The van der Waals surface area contributed by atoms with Crippen LogP contribution in [0.1, 0.15) is 191 Å². The second kappa shape index (κ2) is 22.7. The molecule has 23 rings (SSSR count). The number of fused-ring (bicyclic) bond motifs is 15. The molecule has 0 spiro atoms. The molecule has 486 valence electrons. The van der Waals surface area contributed by atoms with Crippen molar-refractivity contribution in [2.75, 3.05) is 0 Å². The summed E-state index contributed by atoms with van der Waals surface area (Å²) in [6.07, 6.45) is 11.9. The number of rotatable bonds is 0. The van der Waals surface area contributed by atoms with Gasteiger partial charge in [0.2, 0.25) is 0 Å². The Hall–Kier alpha value is -13.2. The van der Waals surface area contributed by atoms with Crippen molar-refractivity contribution >= 4 is 110 Å². The van der Waals surface area contributed by atoms with Gasteiger partial charge in [0, 0.05) is 5.39 Å². The second-order valence-electron chi connectivity index (χ2n) is 25.9. The van der Waals surface area contributed by atoms with Gasteiger partial charge in [0.25, 0.3) is 0 Å². The fraction of sp³-hybridized carbons (Fsp3) is 0.108. The van der Waals surface area contributed by atoms with Gasteiger partial charge in [-0.05, 0) is 228 Å². The molecule has 11 aromatic rings. The molecule has 0 atom stereocenters. The molecule has 12 aliphatic rings. The number of cyclic esters (lactones) is 12. The Morgan fingerprint density at radius 3 is 1.35 bits per heavy atom. The van der Waals surface area contributed by atoms with Gasteiger partial charge < -0.3 is 28.4 Å². The number of carbonyl (C=O) groups is 12. The number of allylic oxidation sites excluding steroid dienone is 1. The lowest BCUT2D eigenvalue weighted by Crippen LogP contribution is -2.19. The molecule has 101 heavy (non-hydrogen) atoms. The molecule has 0 aromatic heterocycles. The third-order valence-electron chi connectivity index (χ3n) is 20.5. The molecule has 18 nitrogen and oxygen atoms in total.